The summed E-state index contributed by atoms with van der Waals surface area (Å²) in [5, 5.41) is 9.02. The smallest absolute Gasteiger partial charge is 0.306 e. The fourth-order valence-electron chi connectivity index (χ4n) is 1.96. The molecule has 0 heterocycles. The Hall–Kier alpha value is -1.49. The van der Waals surface area contributed by atoms with Crippen LogP contribution in [0.15, 0.2) is 30.3 Å². The Morgan fingerprint density at radius 3 is 2.42 bits per heavy atom. The predicted molar refractivity (Wildman–Crippen MR) is 69.0 cm³/mol. The van der Waals surface area contributed by atoms with Crippen LogP contribution in [0.3, 0.4) is 0 Å². The van der Waals surface area contributed by atoms with Gasteiger partial charge in [-0.2, -0.15) is 0 Å². The lowest BCUT2D eigenvalue weighted by molar-refractivity contribution is -0.146. The summed E-state index contributed by atoms with van der Waals surface area (Å²) < 4.78 is 28.0. The van der Waals surface area contributed by atoms with Gasteiger partial charge in [-0.15, -0.1) is 0 Å². The molecule has 3 N–H and O–H groups in total. The van der Waals surface area contributed by atoms with Crippen molar-refractivity contribution >= 4 is 5.97 Å². The molecule has 0 spiro atoms. The van der Waals surface area contributed by atoms with E-state index in [9.17, 15) is 13.6 Å². The molecular formula is C14H19F2NO2. The molecule has 0 aromatic heterocycles. The molecule has 0 radical (unpaired) electrons. The Kier molecular flexibility index (Phi) is 5.89. The minimum absolute atomic E-state index is 0.139. The molecule has 0 aliphatic carbocycles. The zero-order valence-electron chi connectivity index (χ0n) is 10.7. The van der Waals surface area contributed by atoms with Crippen molar-refractivity contribution in [3.63, 3.8) is 0 Å². The lowest BCUT2D eigenvalue weighted by Crippen LogP contribution is -2.24. The number of unbranched alkanes of at least 4 members (excludes halogenated alkanes) is 1. The number of rotatable bonds is 8. The fraction of sp³-hybridized carbons (Fsp3) is 0.500. The van der Waals surface area contributed by atoms with Gasteiger partial charge in [0.15, 0.2) is 0 Å². The first-order chi connectivity index (χ1) is 8.97. The molecule has 0 aliphatic heterocycles. The van der Waals surface area contributed by atoms with Gasteiger partial charge in [0.05, 0.1) is 5.92 Å². The largest absolute Gasteiger partial charge is 0.481 e. The van der Waals surface area contributed by atoms with Gasteiger partial charge in [0.1, 0.15) is 0 Å². The molecule has 1 rings (SSSR count). The molecule has 1 aromatic rings. The van der Waals surface area contributed by atoms with Crippen molar-refractivity contribution in [2.45, 2.75) is 31.6 Å². The lowest BCUT2D eigenvalue weighted by Gasteiger charge is -2.21. The first kappa shape index (κ1) is 15.6. The maximum atomic E-state index is 14.0. The highest BCUT2D eigenvalue weighted by Crippen LogP contribution is 2.36. The van der Waals surface area contributed by atoms with E-state index >= 15 is 0 Å². The van der Waals surface area contributed by atoms with Crippen LogP contribution < -0.4 is 5.73 Å². The molecule has 106 valence electrons. The van der Waals surface area contributed by atoms with Crippen LogP contribution in [0, 0.1) is 5.92 Å². The Morgan fingerprint density at radius 2 is 1.89 bits per heavy atom. The highest BCUT2D eigenvalue weighted by atomic mass is 19.3. The maximum absolute atomic E-state index is 14.0. The molecule has 1 aromatic carbocycles. The third kappa shape index (κ3) is 4.95. The number of halogens is 2. The average molecular weight is 271 g/mol. The van der Waals surface area contributed by atoms with Crippen LogP contribution in [-0.4, -0.2) is 17.6 Å². The van der Waals surface area contributed by atoms with E-state index < -0.39 is 24.2 Å². The molecular weight excluding hydrogens is 252 g/mol. The lowest BCUT2D eigenvalue weighted by atomic mass is 9.92. The number of nitrogens with two attached hydrogens (primary N) is 1. The number of aliphatic carboxylic acids is 1. The number of carboxylic acid groups (broad SMARTS) is 1. The van der Waals surface area contributed by atoms with E-state index in [1.807, 2.05) is 0 Å². The molecule has 0 bridgehead atoms. The molecule has 0 saturated heterocycles. The molecule has 1 unspecified atom stereocenters. The third-order valence-corrected chi connectivity index (χ3v) is 3.05. The third-order valence-electron chi connectivity index (χ3n) is 3.05. The van der Waals surface area contributed by atoms with Gasteiger partial charge in [-0.05, 0) is 19.4 Å². The van der Waals surface area contributed by atoms with Crippen LogP contribution in [0.1, 0.15) is 31.2 Å². The van der Waals surface area contributed by atoms with E-state index in [1.165, 1.54) is 24.3 Å². The van der Waals surface area contributed by atoms with Gasteiger partial charge in [-0.25, -0.2) is 8.78 Å². The summed E-state index contributed by atoms with van der Waals surface area (Å²) >= 11 is 0. The number of benzene rings is 1. The molecule has 3 nitrogen and oxygen atoms in total. The molecule has 1 atom stereocenters. The standard InChI is InChI=1S/C14H19F2NO2/c15-14(16,12-7-2-1-3-8-12)10-11(13(18)19)6-4-5-9-17/h1-3,7-8,11H,4-6,9-10,17H2,(H,18,19). The summed E-state index contributed by atoms with van der Waals surface area (Å²) in [4.78, 5) is 11.0. The van der Waals surface area contributed by atoms with Crippen molar-refractivity contribution in [1.82, 2.24) is 0 Å². The number of alkyl halides is 2. The molecule has 0 aliphatic rings. The van der Waals surface area contributed by atoms with E-state index in [-0.39, 0.29) is 12.0 Å². The van der Waals surface area contributed by atoms with Crippen LogP contribution in [0.4, 0.5) is 8.78 Å². The van der Waals surface area contributed by atoms with Gasteiger partial charge < -0.3 is 10.8 Å². The monoisotopic (exact) mass is 271 g/mol. The van der Waals surface area contributed by atoms with Crippen molar-refractivity contribution in [3.8, 4) is 0 Å². The van der Waals surface area contributed by atoms with Crippen molar-refractivity contribution in [2.75, 3.05) is 6.54 Å². The molecule has 0 amide bonds. The van der Waals surface area contributed by atoms with Crippen LogP contribution in [0.25, 0.3) is 0 Å². The minimum atomic E-state index is -3.12. The van der Waals surface area contributed by atoms with Gasteiger partial charge in [0.2, 0.25) is 0 Å². The van der Waals surface area contributed by atoms with Crippen LogP contribution in [0.5, 0.6) is 0 Å². The first-order valence-electron chi connectivity index (χ1n) is 6.33. The molecule has 5 heteroatoms. The Morgan fingerprint density at radius 1 is 1.26 bits per heavy atom. The molecule has 0 fully saturated rings. The SMILES string of the molecule is NCCCCC(CC(F)(F)c1ccccc1)C(=O)O. The van der Waals surface area contributed by atoms with E-state index in [0.29, 0.717) is 19.4 Å². The summed E-state index contributed by atoms with van der Waals surface area (Å²) in [5.41, 5.74) is 5.17. The summed E-state index contributed by atoms with van der Waals surface area (Å²) in [6.45, 7) is 0.446. The number of hydrogen-bond acceptors (Lipinski definition) is 2. The van der Waals surface area contributed by atoms with Gasteiger partial charge in [0, 0.05) is 12.0 Å². The van der Waals surface area contributed by atoms with Crippen molar-refractivity contribution < 1.29 is 18.7 Å². The van der Waals surface area contributed by atoms with E-state index in [4.69, 9.17) is 10.8 Å². The van der Waals surface area contributed by atoms with Crippen LogP contribution >= 0.6 is 0 Å². The molecule has 19 heavy (non-hydrogen) atoms. The molecule has 0 saturated carbocycles. The van der Waals surface area contributed by atoms with Gasteiger partial charge >= 0.3 is 5.97 Å². The van der Waals surface area contributed by atoms with Crippen LogP contribution in [-0.2, 0) is 10.7 Å². The van der Waals surface area contributed by atoms with E-state index in [1.54, 1.807) is 6.07 Å². The predicted octanol–water partition coefficient (Wildman–Crippen LogP) is 3.00. The second kappa shape index (κ2) is 7.19. The normalized spacial score (nSPS) is 13.2. The number of carbonyl (C=O) groups is 1. The topological polar surface area (TPSA) is 63.3 Å². The second-order valence-corrected chi connectivity index (χ2v) is 4.59. The average Bonchev–Trinajstić information content (AvgIpc) is 2.38. The van der Waals surface area contributed by atoms with Crippen molar-refractivity contribution in [1.29, 1.82) is 0 Å². The summed E-state index contributed by atoms with van der Waals surface area (Å²) in [5.74, 6) is -5.33. The van der Waals surface area contributed by atoms with Gasteiger partial charge in [-0.3, -0.25) is 4.79 Å². The highest BCUT2D eigenvalue weighted by Gasteiger charge is 2.36. The Bertz CT molecular complexity index is 396. The summed E-state index contributed by atoms with van der Waals surface area (Å²) in [6.07, 6.45) is 0.769. The van der Waals surface area contributed by atoms with Crippen LogP contribution in [0.2, 0.25) is 0 Å². The number of carboxylic acids is 1. The fourth-order valence-corrected chi connectivity index (χ4v) is 1.96. The maximum Gasteiger partial charge on any atom is 0.306 e. The summed E-state index contributed by atoms with van der Waals surface area (Å²) in [6, 6.07) is 7.33. The zero-order valence-corrected chi connectivity index (χ0v) is 10.7. The van der Waals surface area contributed by atoms with Gasteiger partial charge in [-0.1, -0.05) is 36.8 Å². The van der Waals surface area contributed by atoms with Gasteiger partial charge in [0.25, 0.3) is 5.92 Å². The van der Waals surface area contributed by atoms with E-state index in [0.717, 1.165) is 0 Å². The Balaban J connectivity index is 2.69. The van der Waals surface area contributed by atoms with E-state index in [2.05, 4.69) is 0 Å². The Labute approximate surface area is 111 Å². The zero-order chi connectivity index (χ0) is 14.3. The quantitative estimate of drug-likeness (QED) is 0.714. The van der Waals surface area contributed by atoms with Crippen molar-refractivity contribution in [3.05, 3.63) is 35.9 Å². The second-order valence-electron chi connectivity index (χ2n) is 4.59. The van der Waals surface area contributed by atoms with Crippen molar-refractivity contribution in [2.24, 2.45) is 11.7 Å². The first-order valence-corrected chi connectivity index (χ1v) is 6.33. The number of hydrogen-bond donors (Lipinski definition) is 2. The summed E-state index contributed by atoms with van der Waals surface area (Å²) in [7, 11) is 0. The highest BCUT2D eigenvalue weighted by molar-refractivity contribution is 5.70. The minimum Gasteiger partial charge on any atom is -0.481 e.